The van der Waals surface area contributed by atoms with Crippen LogP contribution in [-0.4, -0.2) is 17.9 Å². The summed E-state index contributed by atoms with van der Waals surface area (Å²) >= 11 is 3.08. The van der Waals surface area contributed by atoms with Crippen molar-refractivity contribution in [2.45, 2.75) is 6.92 Å². The van der Waals surface area contributed by atoms with Gasteiger partial charge < -0.3 is 4.74 Å². The Morgan fingerprint density at radius 3 is 2.65 bits per heavy atom. The maximum atomic E-state index is 12.4. The molecule has 0 bridgehead atoms. The Bertz CT molecular complexity index is 831. The Labute approximate surface area is 142 Å². The summed E-state index contributed by atoms with van der Waals surface area (Å²) in [4.78, 5) is 18.7. The number of carbonyl (C=O) groups excluding carboxylic acids is 1. The number of hydrogen-bond acceptors (Lipinski definition) is 5. The number of aromatic nitrogens is 1. The van der Waals surface area contributed by atoms with Crippen LogP contribution in [0.15, 0.2) is 47.9 Å². The molecule has 0 saturated heterocycles. The van der Waals surface area contributed by atoms with Crippen molar-refractivity contribution in [3.63, 3.8) is 0 Å². The van der Waals surface area contributed by atoms with Crippen molar-refractivity contribution in [2.24, 2.45) is 0 Å². The van der Waals surface area contributed by atoms with E-state index in [-0.39, 0.29) is 5.78 Å². The second-order valence-electron chi connectivity index (χ2n) is 4.88. The van der Waals surface area contributed by atoms with E-state index in [0.717, 1.165) is 26.9 Å². The van der Waals surface area contributed by atoms with Crippen LogP contribution in [0.1, 0.15) is 20.9 Å². The zero-order chi connectivity index (χ0) is 16.2. The van der Waals surface area contributed by atoms with Gasteiger partial charge in [0.15, 0.2) is 5.78 Å². The monoisotopic (exact) mass is 341 g/mol. The number of allylic oxidation sites excluding steroid dienone is 1. The van der Waals surface area contributed by atoms with Gasteiger partial charge >= 0.3 is 0 Å². The van der Waals surface area contributed by atoms with E-state index in [1.807, 2.05) is 54.8 Å². The predicted molar refractivity (Wildman–Crippen MR) is 96.5 cm³/mol. The fourth-order valence-corrected chi connectivity index (χ4v) is 3.88. The first-order valence-electron chi connectivity index (χ1n) is 7.05. The first-order valence-corrected chi connectivity index (χ1v) is 8.75. The quantitative estimate of drug-likeness (QED) is 0.479. The lowest BCUT2D eigenvalue weighted by atomic mass is 10.1. The van der Waals surface area contributed by atoms with Crippen molar-refractivity contribution < 1.29 is 9.53 Å². The van der Waals surface area contributed by atoms with Gasteiger partial charge in [-0.3, -0.25) is 4.79 Å². The molecule has 0 aliphatic rings. The van der Waals surface area contributed by atoms with E-state index in [4.69, 9.17) is 4.74 Å². The summed E-state index contributed by atoms with van der Waals surface area (Å²) in [7, 11) is 1.63. The predicted octanol–water partition coefficient (Wildman–Crippen LogP) is 5.08. The molecular formula is C18H15NO2S2. The number of thiazole rings is 1. The van der Waals surface area contributed by atoms with Crippen molar-refractivity contribution in [1.29, 1.82) is 0 Å². The van der Waals surface area contributed by atoms with Gasteiger partial charge in [-0.2, -0.15) is 0 Å². The highest BCUT2D eigenvalue weighted by Crippen LogP contribution is 2.31. The molecule has 0 fully saturated rings. The zero-order valence-corrected chi connectivity index (χ0v) is 14.4. The summed E-state index contributed by atoms with van der Waals surface area (Å²) in [6.45, 7) is 1.88. The van der Waals surface area contributed by atoms with Crippen LogP contribution in [0.25, 0.3) is 16.0 Å². The number of benzene rings is 1. The minimum atomic E-state index is -0.0152. The molecule has 3 aromatic rings. The molecule has 2 aromatic heterocycles. The summed E-state index contributed by atoms with van der Waals surface area (Å²) in [6.07, 6.45) is 3.41. The first-order chi connectivity index (χ1) is 11.2. The average molecular weight is 341 g/mol. The topological polar surface area (TPSA) is 39.2 Å². The second kappa shape index (κ2) is 6.89. The van der Waals surface area contributed by atoms with Crippen LogP contribution in [0.3, 0.4) is 0 Å². The Kier molecular flexibility index (Phi) is 4.69. The molecule has 0 saturated carbocycles. The number of nitrogens with zero attached hydrogens (tertiary/aromatic N) is 1. The molecule has 0 aliphatic heterocycles. The molecule has 0 unspecified atom stereocenters. The van der Waals surface area contributed by atoms with Gasteiger partial charge in [0, 0.05) is 0 Å². The van der Waals surface area contributed by atoms with Crippen molar-refractivity contribution >= 4 is 34.5 Å². The van der Waals surface area contributed by atoms with Gasteiger partial charge in [0.1, 0.15) is 10.8 Å². The maximum Gasteiger partial charge on any atom is 0.197 e. The molecule has 116 valence electrons. The van der Waals surface area contributed by atoms with Gasteiger partial charge in [-0.05, 0) is 42.1 Å². The third-order valence-corrected chi connectivity index (χ3v) is 5.51. The van der Waals surface area contributed by atoms with E-state index in [0.29, 0.717) is 4.88 Å². The molecule has 0 radical (unpaired) electrons. The summed E-state index contributed by atoms with van der Waals surface area (Å²) < 4.78 is 5.12. The van der Waals surface area contributed by atoms with Gasteiger partial charge in [-0.15, -0.1) is 22.7 Å². The molecule has 0 amide bonds. The lowest BCUT2D eigenvalue weighted by Gasteiger charge is -1.98. The van der Waals surface area contributed by atoms with Crippen LogP contribution < -0.4 is 4.74 Å². The van der Waals surface area contributed by atoms with Crippen LogP contribution in [0.2, 0.25) is 0 Å². The van der Waals surface area contributed by atoms with Crippen molar-refractivity contribution in [2.75, 3.05) is 7.11 Å². The van der Waals surface area contributed by atoms with Gasteiger partial charge in [-0.1, -0.05) is 24.3 Å². The van der Waals surface area contributed by atoms with E-state index >= 15 is 0 Å². The Morgan fingerprint density at radius 1 is 1.22 bits per heavy atom. The van der Waals surface area contributed by atoms with E-state index in [9.17, 15) is 4.79 Å². The Balaban J connectivity index is 1.78. The lowest BCUT2D eigenvalue weighted by molar-refractivity contribution is 0.105. The minimum absolute atomic E-state index is 0.0152. The Hall–Kier alpha value is -2.24. The standard InChI is InChI=1S/C18H15NO2S2/c1-12-17(23-18(19-12)16-4-3-11-22-16)15(20)10-7-13-5-8-14(21-2)9-6-13/h3-11H,1-2H3/b10-7+. The lowest BCUT2D eigenvalue weighted by Crippen LogP contribution is -1.93. The molecule has 23 heavy (non-hydrogen) atoms. The van der Waals surface area contributed by atoms with Gasteiger partial charge in [0.2, 0.25) is 0 Å². The number of ketones is 1. The SMILES string of the molecule is COc1ccc(/C=C/C(=O)c2sc(-c3cccs3)nc2C)cc1. The Morgan fingerprint density at radius 2 is 2.00 bits per heavy atom. The average Bonchev–Trinajstić information content (AvgIpc) is 3.22. The van der Waals surface area contributed by atoms with E-state index < -0.39 is 0 Å². The van der Waals surface area contributed by atoms with E-state index in [1.165, 1.54) is 11.3 Å². The molecule has 0 spiro atoms. The van der Waals surface area contributed by atoms with Crippen LogP contribution in [0.5, 0.6) is 5.75 Å². The normalized spacial score (nSPS) is 11.0. The maximum absolute atomic E-state index is 12.4. The van der Waals surface area contributed by atoms with Crippen molar-refractivity contribution in [3.8, 4) is 15.6 Å². The molecule has 2 heterocycles. The molecule has 0 N–H and O–H groups in total. The van der Waals surface area contributed by atoms with Crippen LogP contribution in [0.4, 0.5) is 0 Å². The number of carbonyl (C=O) groups is 1. The number of hydrogen-bond donors (Lipinski definition) is 0. The number of rotatable bonds is 5. The molecule has 5 heteroatoms. The van der Waals surface area contributed by atoms with E-state index in [1.54, 1.807) is 24.5 Å². The molecule has 0 aliphatic carbocycles. The fraction of sp³-hybridized carbons (Fsp3) is 0.111. The van der Waals surface area contributed by atoms with Gasteiger partial charge in [-0.25, -0.2) is 4.98 Å². The first kappa shape index (κ1) is 15.6. The summed E-state index contributed by atoms with van der Waals surface area (Å²) in [6, 6.07) is 11.6. The highest BCUT2D eigenvalue weighted by Gasteiger charge is 2.14. The molecule has 1 aromatic carbocycles. The zero-order valence-electron chi connectivity index (χ0n) is 12.8. The molecule has 0 atom stereocenters. The summed E-state index contributed by atoms with van der Waals surface area (Å²) in [5.41, 5.74) is 1.74. The largest absolute Gasteiger partial charge is 0.497 e. The number of methoxy groups -OCH3 is 1. The minimum Gasteiger partial charge on any atom is -0.497 e. The van der Waals surface area contributed by atoms with Crippen molar-refractivity contribution in [1.82, 2.24) is 4.98 Å². The van der Waals surface area contributed by atoms with Crippen molar-refractivity contribution in [3.05, 3.63) is 64.0 Å². The molecular weight excluding hydrogens is 326 g/mol. The fourth-order valence-electron chi connectivity index (χ4n) is 2.09. The number of aryl methyl sites for hydroxylation is 1. The van der Waals surface area contributed by atoms with Crippen LogP contribution >= 0.6 is 22.7 Å². The molecule has 3 rings (SSSR count). The number of ether oxygens (including phenoxy) is 1. The van der Waals surface area contributed by atoms with E-state index in [2.05, 4.69) is 4.98 Å². The second-order valence-corrected chi connectivity index (χ2v) is 6.83. The van der Waals surface area contributed by atoms with Gasteiger partial charge in [0.25, 0.3) is 0 Å². The van der Waals surface area contributed by atoms with Crippen LogP contribution in [-0.2, 0) is 0 Å². The third kappa shape index (κ3) is 3.57. The highest BCUT2D eigenvalue weighted by molar-refractivity contribution is 7.22. The molecule has 3 nitrogen and oxygen atoms in total. The van der Waals surface area contributed by atoms with Gasteiger partial charge in [0.05, 0.1) is 22.6 Å². The smallest absolute Gasteiger partial charge is 0.197 e. The highest BCUT2D eigenvalue weighted by atomic mass is 32.1. The van der Waals surface area contributed by atoms with Crippen LogP contribution in [0, 0.1) is 6.92 Å². The third-order valence-electron chi connectivity index (χ3n) is 3.30. The summed E-state index contributed by atoms with van der Waals surface area (Å²) in [5.74, 6) is 0.783. The summed E-state index contributed by atoms with van der Waals surface area (Å²) in [5, 5.41) is 2.91. The number of thiophene rings is 1.